The lowest BCUT2D eigenvalue weighted by Crippen LogP contribution is -2.06. The molecule has 0 unspecified atom stereocenters. The summed E-state index contributed by atoms with van der Waals surface area (Å²) in [5.41, 5.74) is 5.47. The standard InChI is InChI=1S/C32H21ClN6O2S/c1-18-8-10-20(11-9-18)14-21-12-13-25(26(15-21)36-19(2)40)38-39-32-37-31(33)28(42-32)16-24-29(27(17-34)35-3)22-6-4-5-7-23(22)30(24)41/h4-13,15-16H,14H2,1-2H3,(H,36,40)/b24-16?,29-27+,39-38?. The van der Waals surface area contributed by atoms with E-state index in [0.717, 1.165) is 22.5 Å². The summed E-state index contributed by atoms with van der Waals surface area (Å²) in [4.78, 5) is 33.1. The van der Waals surface area contributed by atoms with Crippen molar-refractivity contribution in [3.8, 4) is 6.07 Å². The molecule has 42 heavy (non-hydrogen) atoms. The number of aromatic nitrogens is 1. The number of fused-ring (bicyclic) bond motifs is 1. The number of thiazole rings is 1. The minimum absolute atomic E-state index is 0.0985. The van der Waals surface area contributed by atoms with Crippen molar-refractivity contribution in [2.45, 2.75) is 20.3 Å². The van der Waals surface area contributed by atoms with E-state index in [1.165, 1.54) is 18.6 Å². The Morgan fingerprint density at radius 3 is 2.52 bits per heavy atom. The van der Waals surface area contributed by atoms with E-state index in [9.17, 15) is 14.9 Å². The summed E-state index contributed by atoms with van der Waals surface area (Å²) in [5, 5.41) is 21.2. The van der Waals surface area contributed by atoms with Crippen molar-refractivity contribution in [1.29, 1.82) is 5.26 Å². The van der Waals surface area contributed by atoms with Gasteiger partial charge in [0.05, 0.1) is 23.2 Å². The van der Waals surface area contributed by atoms with Crippen LogP contribution in [-0.2, 0) is 11.2 Å². The van der Waals surface area contributed by atoms with Crippen LogP contribution in [0.4, 0.5) is 16.5 Å². The molecule has 0 atom stereocenters. The molecule has 0 aliphatic heterocycles. The Morgan fingerprint density at radius 1 is 1.12 bits per heavy atom. The van der Waals surface area contributed by atoms with Crippen LogP contribution in [0.5, 0.6) is 0 Å². The third kappa shape index (κ3) is 5.93. The van der Waals surface area contributed by atoms with Crippen LogP contribution < -0.4 is 5.32 Å². The summed E-state index contributed by atoms with van der Waals surface area (Å²) in [7, 11) is 0. The lowest BCUT2D eigenvalue weighted by atomic mass is 10.0. The number of nitrogens with one attached hydrogen (secondary N) is 1. The fourth-order valence-corrected chi connectivity index (χ4v) is 5.53. The molecule has 204 valence electrons. The first-order chi connectivity index (χ1) is 20.3. The van der Waals surface area contributed by atoms with Crippen molar-refractivity contribution in [2.24, 2.45) is 10.2 Å². The topological polar surface area (TPSA) is 112 Å². The molecule has 0 spiro atoms. The molecule has 0 fully saturated rings. The molecule has 5 rings (SSSR count). The molecule has 8 nitrogen and oxygen atoms in total. The Labute approximate surface area is 251 Å². The van der Waals surface area contributed by atoms with Crippen molar-refractivity contribution < 1.29 is 9.59 Å². The van der Waals surface area contributed by atoms with E-state index in [2.05, 4.69) is 49.6 Å². The summed E-state index contributed by atoms with van der Waals surface area (Å²) >= 11 is 7.51. The van der Waals surface area contributed by atoms with Crippen LogP contribution in [-0.4, -0.2) is 16.7 Å². The molecule has 1 aliphatic carbocycles. The molecule has 1 N–H and O–H groups in total. The summed E-state index contributed by atoms with van der Waals surface area (Å²) < 4.78 is 0. The van der Waals surface area contributed by atoms with Crippen LogP contribution in [0.2, 0.25) is 5.15 Å². The van der Waals surface area contributed by atoms with Gasteiger partial charge >= 0.3 is 0 Å². The number of Topliss-reactive ketones (excluding diaryl/α,β-unsaturated/α-hetero) is 1. The molecule has 0 saturated heterocycles. The van der Waals surface area contributed by atoms with E-state index >= 15 is 0 Å². The number of benzene rings is 3. The van der Waals surface area contributed by atoms with Gasteiger partial charge in [-0.15, -0.1) is 10.2 Å². The highest BCUT2D eigenvalue weighted by atomic mass is 35.5. The number of aryl methyl sites for hydroxylation is 1. The van der Waals surface area contributed by atoms with E-state index in [1.807, 2.05) is 25.1 Å². The molecular formula is C32H21ClN6O2S. The minimum atomic E-state index is -0.310. The Hall–Kier alpha value is -5.22. The van der Waals surface area contributed by atoms with Crippen molar-refractivity contribution >= 4 is 62.8 Å². The van der Waals surface area contributed by atoms with Crippen LogP contribution in [0, 0.1) is 24.8 Å². The fraction of sp³-hybridized carbons (Fsp3) is 0.0938. The molecule has 1 amide bonds. The normalized spacial score (nSPS) is 14.5. The highest BCUT2D eigenvalue weighted by Gasteiger charge is 2.32. The van der Waals surface area contributed by atoms with Crippen LogP contribution in [0.25, 0.3) is 16.5 Å². The number of anilines is 1. The molecule has 1 aliphatic rings. The van der Waals surface area contributed by atoms with E-state index < -0.39 is 0 Å². The molecule has 0 radical (unpaired) electrons. The number of nitriles is 1. The molecule has 0 saturated carbocycles. The second-order valence-electron chi connectivity index (χ2n) is 9.43. The maximum Gasteiger partial charge on any atom is 0.270 e. The van der Waals surface area contributed by atoms with Gasteiger partial charge in [0.1, 0.15) is 10.8 Å². The highest BCUT2D eigenvalue weighted by molar-refractivity contribution is 7.16. The number of allylic oxidation sites excluding steroid dienone is 3. The van der Waals surface area contributed by atoms with Gasteiger partial charge < -0.3 is 5.32 Å². The molecule has 1 heterocycles. The zero-order chi connectivity index (χ0) is 29.8. The lowest BCUT2D eigenvalue weighted by molar-refractivity contribution is -0.114. The molecule has 3 aromatic carbocycles. The fourth-order valence-electron chi connectivity index (χ4n) is 4.51. The molecule has 0 bridgehead atoms. The monoisotopic (exact) mass is 588 g/mol. The van der Waals surface area contributed by atoms with Gasteiger partial charge in [0, 0.05) is 23.6 Å². The average Bonchev–Trinajstić information content (AvgIpc) is 3.46. The SMILES string of the molecule is [C-]#[N+]/C(C#N)=C1/C(=Cc2sc(N=Nc3ccc(Cc4ccc(C)cc4)cc3NC(C)=O)nc2Cl)C(=O)c2ccccc21. The second-order valence-corrected chi connectivity index (χ2v) is 10.8. The van der Waals surface area contributed by atoms with Crippen LogP contribution in [0.1, 0.15) is 44.4 Å². The first kappa shape index (κ1) is 28.3. The zero-order valence-corrected chi connectivity index (χ0v) is 24.0. The van der Waals surface area contributed by atoms with E-state index in [4.69, 9.17) is 18.2 Å². The predicted octanol–water partition coefficient (Wildman–Crippen LogP) is 8.50. The smallest absolute Gasteiger partial charge is 0.270 e. The number of hydrogen-bond acceptors (Lipinski definition) is 7. The van der Waals surface area contributed by atoms with Crippen molar-refractivity contribution in [3.63, 3.8) is 0 Å². The largest absolute Gasteiger partial charge is 0.324 e. The Bertz CT molecular complexity index is 1910. The lowest BCUT2D eigenvalue weighted by Gasteiger charge is -2.09. The Balaban J connectivity index is 1.46. The maximum absolute atomic E-state index is 13.2. The quantitative estimate of drug-likeness (QED) is 0.105. The van der Waals surface area contributed by atoms with E-state index in [-0.39, 0.29) is 38.8 Å². The summed E-state index contributed by atoms with van der Waals surface area (Å²) in [5.74, 6) is -0.553. The zero-order valence-electron chi connectivity index (χ0n) is 22.5. The number of amides is 1. The minimum Gasteiger partial charge on any atom is -0.324 e. The van der Waals surface area contributed by atoms with Gasteiger partial charge in [0.15, 0.2) is 5.78 Å². The van der Waals surface area contributed by atoms with Crippen LogP contribution in [0.15, 0.2) is 88.2 Å². The van der Waals surface area contributed by atoms with Crippen molar-refractivity contribution in [2.75, 3.05) is 5.32 Å². The number of nitrogens with zero attached hydrogens (tertiary/aromatic N) is 5. The third-order valence-corrected chi connectivity index (χ3v) is 7.71. The maximum atomic E-state index is 13.2. The Kier molecular flexibility index (Phi) is 8.16. The van der Waals surface area contributed by atoms with Gasteiger partial charge in [-0.1, -0.05) is 83.1 Å². The number of rotatable bonds is 6. The molecule has 4 aromatic rings. The number of carbonyl (C=O) groups excluding carboxylic acids is 2. The van der Waals surface area contributed by atoms with Gasteiger partial charge in [0.25, 0.3) is 5.70 Å². The van der Waals surface area contributed by atoms with Crippen molar-refractivity contribution in [1.82, 2.24) is 4.98 Å². The van der Waals surface area contributed by atoms with Gasteiger partial charge in [-0.2, -0.15) is 0 Å². The third-order valence-electron chi connectivity index (χ3n) is 6.43. The molecular weight excluding hydrogens is 568 g/mol. The number of azo groups is 1. The Morgan fingerprint density at radius 2 is 1.83 bits per heavy atom. The molecule has 10 heteroatoms. The van der Waals surface area contributed by atoms with Gasteiger partial charge in [-0.05, 0) is 48.2 Å². The van der Waals surface area contributed by atoms with Gasteiger partial charge in [-0.3, -0.25) is 9.59 Å². The molecule has 1 aromatic heterocycles. The van der Waals surface area contributed by atoms with Gasteiger partial charge in [0.2, 0.25) is 11.0 Å². The van der Waals surface area contributed by atoms with E-state index in [1.54, 1.807) is 30.3 Å². The average molecular weight is 589 g/mol. The first-order valence-corrected chi connectivity index (χ1v) is 13.9. The number of hydrogen-bond donors (Lipinski definition) is 1. The van der Waals surface area contributed by atoms with Gasteiger partial charge in [-0.25, -0.2) is 15.1 Å². The number of carbonyl (C=O) groups is 2. The second kappa shape index (κ2) is 12.1. The number of ketones is 1. The highest BCUT2D eigenvalue weighted by Crippen LogP contribution is 2.42. The summed E-state index contributed by atoms with van der Waals surface area (Å²) in [6.07, 6.45) is 2.21. The predicted molar refractivity (Wildman–Crippen MR) is 164 cm³/mol. The van der Waals surface area contributed by atoms with Crippen LogP contribution >= 0.6 is 22.9 Å². The summed E-state index contributed by atoms with van der Waals surface area (Å²) in [6.45, 7) is 10.9. The first-order valence-electron chi connectivity index (χ1n) is 12.7. The number of halogens is 1. The van der Waals surface area contributed by atoms with Crippen LogP contribution in [0.3, 0.4) is 0 Å². The summed E-state index contributed by atoms with van der Waals surface area (Å²) in [6, 6.07) is 22.5. The van der Waals surface area contributed by atoms with Crippen molar-refractivity contribution in [3.05, 3.63) is 127 Å². The van der Waals surface area contributed by atoms with E-state index in [0.29, 0.717) is 33.8 Å².